The van der Waals surface area contributed by atoms with Crippen LogP contribution in [0.25, 0.3) is 0 Å². The maximum atomic E-state index is 10.8. The molecule has 1 rings (SSSR count). The number of aliphatic hydroxyl groups is 1. The summed E-state index contributed by atoms with van der Waals surface area (Å²) in [5.41, 5.74) is 1.31. The van der Waals surface area contributed by atoms with E-state index in [2.05, 4.69) is 0 Å². The first-order valence-corrected chi connectivity index (χ1v) is 4.80. The zero-order valence-electron chi connectivity index (χ0n) is 9.31. The predicted octanol–water partition coefficient (Wildman–Crippen LogP) is 0.528. The number of anilines is 1. The second-order valence-electron chi connectivity index (χ2n) is 3.41. The molecule has 0 saturated carbocycles. The van der Waals surface area contributed by atoms with Gasteiger partial charge in [-0.2, -0.15) is 0 Å². The Labute approximate surface area is 104 Å². The standard InChI is InChI=1S/C8H8N4O7/c9-6-4(1-2-13)3-5(10(14)15)7(11(16)17)8(6)12(18)19/h3,13H,1-2,9H2. The van der Waals surface area contributed by atoms with Crippen molar-refractivity contribution in [1.29, 1.82) is 0 Å². The highest BCUT2D eigenvalue weighted by Gasteiger charge is 2.39. The van der Waals surface area contributed by atoms with E-state index in [-0.39, 0.29) is 12.0 Å². The van der Waals surface area contributed by atoms with Gasteiger partial charge in [-0.3, -0.25) is 30.3 Å². The molecule has 0 fully saturated rings. The Morgan fingerprint density at radius 3 is 1.95 bits per heavy atom. The zero-order chi connectivity index (χ0) is 14.7. The molecule has 0 aromatic heterocycles. The predicted molar refractivity (Wildman–Crippen MR) is 61.6 cm³/mol. The lowest BCUT2D eigenvalue weighted by Crippen LogP contribution is -2.08. The topological polar surface area (TPSA) is 176 Å². The molecule has 11 heteroatoms. The average Bonchev–Trinajstić information content (AvgIpc) is 2.29. The van der Waals surface area contributed by atoms with Gasteiger partial charge in [0, 0.05) is 12.7 Å². The number of nitro benzene ring substituents is 3. The molecule has 0 unspecified atom stereocenters. The second kappa shape index (κ2) is 5.22. The molecule has 0 radical (unpaired) electrons. The van der Waals surface area contributed by atoms with Gasteiger partial charge in [0.15, 0.2) is 0 Å². The van der Waals surface area contributed by atoms with E-state index in [0.717, 1.165) is 6.07 Å². The lowest BCUT2D eigenvalue weighted by molar-refractivity contribution is -0.440. The molecule has 19 heavy (non-hydrogen) atoms. The summed E-state index contributed by atoms with van der Waals surface area (Å²) in [6, 6.07) is 0.761. The molecule has 0 aliphatic heterocycles. The Morgan fingerprint density at radius 1 is 1.05 bits per heavy atom. The number of nitrogens with two attached hydrogens (primary N) is 1. The van der Waals surface area contributed by atoms with Crippen LogP contribution in [0.15, 0.2) is 6.07 Å². The van der Waals surface area contributed by atoms with Crippen LogP contribution in [-0.4, -0.2) is 26.5 Å². The van der Waals surface area contributed by atoms with Crippen LogP contribution in [0.5, 0.6) is 0 Å². The molecule has 0 aliphatic rings. The summed E-state index contributed by atoms with van der Waals surface area (Å²) in [4.78, 5) is 28.8. The molecule has 11 nitrogen and oxygen atoms in total. The lowest BCUT2D eigenvalue weighted by Gasteiger charge is -2.05. The van der Waals surface area contributed by atoms with Gasteiger partial charge in [-0.05, 0) is 12.0 Å². The molecule has 0 amide bonds. The van der Waals surface area contributed by atoms with E-state index in [9.17, 15) is 30.3 Å². The normalized spacial score (nSPS) is 10.2. The van der Waals surface area contributed by atoms with Crippen LogP contribution >= 0.6 is 0 Å². The number of hydrogen-bond acceptors (Lipinski definition) is 8. The summed E-state index contributed by atoms with van der Waals surface area (Å²) in [6.07, 6.45) is -0.189. The summed E-state index contributed by atoms with van der Waals surface area (Å²) in [6.45, 7) is -0.462. The molecule has 0 spiro atoms. The Hall–Kier alpha value is -2.82. The van der Waals surface area contributed by atoms with E-state index in [1.807, 2.05) is 0 Å². The van der Waals surface area contributed by atoms with Crippen molar-refractivity contribution >= 4 is 22.7 Å². The molecular weight excluding hydrogens is 264 g/mol. The van der Waals surface area contributed by atoms with E-state index >= 15 is 0 Å². The first-order chi connectivity index (χ1) is 8.81. The van der Waals surface area contributed by atoms with Crippen molar-refractivity contribution in [1.82, 2.24) is 0 Å². The second-order valence-corrected chi connectivity index (χ2v) is 3.41. The lowest BCUT2D eigenvalue weighted by atomic mass is 10.1. The van der Waals surface area contributed by atoms with Gasteiger partial charge in [0.2, 0.25) is 0 Å². The summed E-state index contributed by atoms with van der Waals surface area (Å²) < 4.78 is 0. The summed E-state index contributed by atoms with van der Waals surface area (Å²) in [5.74, 6) is 0. The van der Waals surface area contributed by atoms with Crippen LogP contribution in [0, 0.1) is 30.3 Å². The van der Waals surface area contributed by atoms with Gasteiger partial charge < -0.3 is 10.8 Å². The third kappa shape index (κ3) is 2.55. The van der Waals surface area contributed by atoms with Gasteiger partial charge in [0.05, 0.1) is 14.8 Å². The molecule has 3 N–H and O–H groups in total. The van der Waals surface area contributed by atoms with E-state index < -0.39 is 44.1 Å². The maximum absolute atomic E-state index is 10.8. The SMILES string of the molecule is Nc1c(CCO)cc([N+](=O)[O-])c([N+](=O)[O-])c1[N+](=O)[O-]. The first-order valence-electron chi connectivity index (χ1n) is 4.80. The van der Waals surface area contributed by atoms with Crippen LogP contribution in [0.3, 0.4) is 0 Å². The van der Waals surface area contributed by atoms with Crippen LogP contribution < -0.4 is 5.73 Å². The minimum Gasteiger partial charge on any atom is -0.396 e. The number of nitro groups is 3. The van der Waals surface area contributed by atoms with Gasteiger partial charge in [0.25, 0.3) is 0 Å². The van der Waals surface area contributed by atoms with Crippen molar-refractivity contribution in [3.8, 4) is 0 Å². The molecule has 0 bridgehead atoms. The molecule has 0 atom stereocenters. The number of aliphatic hydroxyl groups excluding tert-OH is 1. The van der Waals surface area contributed by atoms with Crippen molar-refractivity contribution in [2.75, 3.05) is 12.3 Å². The maximum Gasteiger partial charge on any atom is 0.424 e. The molecule has 102 valence electrons. The van der Waals surface area contributed by atoms with Gasteiger partial charge in [-0.1, -0.05) is 0 Å². The highest BCUT2D eigenvalue weighted by molar-refractivity contribution is 5.80. The summed E-state index contributed by atoms with van der Waals surface area (Å²) >= 11 is 0. The van der Waals surface area contributed by atoms with Crippen molar-refractivity contribution in [3.63, 3.8) is 0 Å². The van der Waals surface area contributed by atoms with Crippen molar-refractivity contribution in [2.45, 2.75) is 6.42 Å². The third-order valence-corrected chi connectivity index (χ3v) is 2.32. The first kappa shape index (κ1) is 14.2. The Kier molecular flexibility index (Phi) is 3.91. The molecule has 0 aliphatic carbocycles. The van der Waals surface area contributed by atoms with Crippen molar-refractivity contribution in [2.24, 2.45) is 0 Å². The fourth-order valence-corrected chi connectivity index (χ4v) is 1.54. The summed E-state index contributed by atoms with van der Waals surface area (Å²) in [7, 11) is 0. The minimum absolute atomic E-state index is 0.0912. The van der Waals surface area contributed by atoms with E-state index in [0.29, 0.717) is 0 Å². The number of hydrogen-bond donors (Lipinski definition) is 2. The number of nitrogen functional groups attached to an aromatic ring is 1. The van der Waals surface area contributed by atoms with Gasteiger partial charge in [-0.25, -0.2) is 0 Å². The van der Waals surface area contributed by atoms with Crippen molar-refractivity contribution in [3.05, 3.63) is 42.0 Å². The van der Waals surface area contributed by atoms with E-state index in [1.54, 1.807) is 0 Å². The number of nitrogens with zero attached hydrogens (tertiary/aromatic N) is 3. The fraction of sp³-hybridized carbons (Fsp3) is 0.250. The zero-order valence-corrected chi connectivity index (χ0v) is 9.31. The van der Waals surface area contributed by atoms with Crippen LogP contribution in [0.1, 0.15) is 5.56 Å². The Balaban J connectivity index is 3.78. The number of rotatable bonds is 5. The van der Waals surface area contributed by atoms with Crippen LogP contribution in [-0.2, 0) is 6.42 Å². The van der Waals surface area contributed by atoms with Crippen molar-refractivity contribution < 1.29 is 19.9 Å². The molecule has 0 heterocycles. The molecule has 1 aromatic carbocycles. The minimum atomic E-state index is -1.27. The highest BCUT2D eigenvalue weighted by atomic mass is 16.6. The van der Waals surface area contributed by atoms with Crippen LogP contribution in [0.2, 0.25) is 0 Å². The van der Waals surface area contributed by atoms with Gasteiger partial charge in [-0.15, -0.1) is 0 Å². The highest BCUT2D eigenvalue weighted by Crippen LogP contribution is 2.42. The Bertz CT molecular complexity index is 571. The quantitative estimate of drug-likeness (QED) is 0.442. The van der Waals surface area contributed by atoms with Gasteiger partial charge in [0.1, 0.15) is 5.69 Å². The molecule has 1 aromatic rings. The van der Waals surface area contributed by atoms with E-state index in [1.165, 1.54) is 0 Å². The molecular formula is C8H8N4O7. The molecule has 0 saturated heterocycles. The van der Waals surface area contributed by atoms with E-state index in [4.69, 9.17) is 10.8 Å². The monoisotopic (exact) mass is 272 g/mol. The third-order valence-electron chi connectivity index (χ3n) is 2.32. The number of benzene rings is 1. The fourth-order valence-electron chi connectivity index (χ4n) is 1.54. The largest absolute Gasteiger partial charge is 0.424 e. The smallest absolute Gasteiger partial charge is 0.396 e. The average molecular weight is 272 g/mol. The Morgan fingerprint density at radius 2 is 1.58 bits per heavy atom. The van der Waals surface area contributed by atoms with Gasteiger partial charge >= 0.3 is 17.1 Å². The summed E-state index contributed by atoms with van der Waals surface area (Å²) in [5, 5.41) is 41.1. The van der Waals surface area contributed by atoms with Crippen LogP contribution in [0.4, 0.5) is 22.7 Å².